The van der Waals surface area contributed by atoms with Crippen molar-refractivity contribution in [1.82, 2.24) is 30.1 Å². The summed E-state index contributed by atoms with van der Waals surface area (Å²) < 4.78 is 7.39. The highest BCUT2D eigenvalue weighted by atomic mass is 16.3. The first-order valence-corrected chi connectivity index (χ1v) is 12.6. The Bertz CT molecular complexity index is 1350. The lowest BCUT2D eigenvalue weighted by Crippen LogP contribution is -2.41. The molecule has 1 aromatic carbocycles. The first-order chi connectivity index (χ1) is 16.9. The number of H-pyrrole nitrogens is 1. The van der Waals surface area contributed by atoms with Gasteiger partial charge in [0.15, 0.2) is 5.82 Å². The van der Waals surface area contributed by atoms with Crippen LogP contribution < -0.4 is 5.56 Å². The number of pyridine rings is 1. The van der Waals surface area contributed by atoms with Gasteiger partial charge in [0.2, 0.25) is 0 Å². The first-order valence-electron chi connectivity index (χ1n) is 12.6. The fraction of sp³-hybridized carbons (Fsp3) is 0.481. The van der Waals surface area contributed by atoms with Crippen molar-refractivity contribution < 1.29 is 4.42 Å². The molecule has 8 nitrogen and oxygen atoms in total. The van der Waals surface area contributed by atoms with E-state index in [1.165, 1.54) is 24.0 Å². The molecule has 1 aliphatic rings. The lowest BCUT2D eigenvalue weighted by atomic mass is 9.97. The third-order valence-corrected chi connectivity index (χ3v) is 7.38. The molecule has 3 heterocycles. The molecule has 5 rings (SSSR count). The van der Waals surface area contributed by atoms with Gasteiger partial charge in [-0.15, -0.1) is 5.10 Å². The van der Waals surface area contributed by atoms with E-state index in [1.807, 2.05) is 16.8 Å². The van der Waals surface area contributed by atoms with Crippen LogP contribution in [0.3, 0.4) is 0 Å². The Morgan fingerprint density at radius 3 is 2.66 bits per heavy atom. The molecule has 1 N–H and O–H groups in total. The van der Waals surface area contributed by atoms with Gasteiger partial charge in [0.1, 0.15) is 12.3 Å². The van der Waals surface area contributed by atoms with Crippen molar-refractivity contribution in [3.8, 4) is 0 Å². The van der Waals surface area contributed by atoms with Crippen LogP contribution in [0.15, 0.2) is 45.8 Å². The summed E-state index contributed by atoms with van der Waals surface area (Å²) in [6, 6.07) is 10.4. The Balaban J connectivity index is 1.54. The second kappa shape index (κ2) is 9.77. The standard InChI is InChI=1S/C27H34N6O2/c1-17(2)25(26-29-30-31-33(26)16-23-10-7-11-35-23)32(22-8-5-6-9-22)15-21-14-20-12-18(3)19(4)13-24(20)28-27(21)34/h7,10-14,17,22,25H,5-6,8-9,15-16H2,1-4H3,(H,28,34). The zero-order valence-corrected chi connectivity index (χ0v) is 21.0. The van der Waals surface area contributed by atoms with Gasteiger partial charge in [-0.1, -0.05) is 26.7 Å². The van der Waals surface area contributed by atoms with Crippen molar-refractivity contribution >= 4 is 10.9 Å². The second-order valence-corrected chi connectivity index (χ2v) is 10.2. The molecule has 1 aliphatic carbocycles. The van der Waals surface area contributed by atoms with Crippen LogP contribution in [0, 0.1) is 19.8 Å². The van der Waals surface area contributed by atoms with Gasteiger partial charge in [-0.05, 0) is 89.9 Å². The van der Waals surface area contributed by atoms with Gasteiger partial charge in [0, 0.05) is 23.7 Å². The van der Waals surface area contributed by atoms with E-state index in [-0.39, 0.29) is 17.5 Å². The number of benzene rings is 1. The van der Waals surface area contributed by atoms with Gasteiger partial charge in [0.25, 0.3) is 5.56 Å². The van der Waals surface area contributed by atoms with Gasteiger partial charge < -0.3 is 9.40 Å². The molecule has 0 aliphatic heterocycles. The average Bonchev–Trinajstić information content (AvgIpc) is 3.59. The third kappa shape index (κ3) is 4.80. The Morgan fingerprint density at radius 1 is 1.17 bits per heavy atom. The Hall–Kier alpha value is -3.26. The fourth-order valence-corrected chi connectivity index (χ4v) is 5.44. The molecule has 0 amide bonds. The molecule has 3 aromatic heterocycles. The van der Waals surface area contributed by atoms with Crippen LogP contribution in [0.5, 0.6) is 0 Å². The van der Waals surface area contributed by atoms with Crippen molar-refractivity contribution in [1.29, 1.82) is 0 Å². The summed E-state index contributed by atoms with van der Waals surface area (Å²) in [5, 5.41) is 13.9. The minimum absolute atomic E-state index is 0.0265. The minimum atomic E-state index is -0.0297. The molecule has 184 valence electrons. The van der Waals surface area contributed by atoms with Crippen LogP contribution in [0.4, 0.5) is 0 Å². The number of nitrogens with one attached hydrogen (secondary N) is 1. The van der Waals surface area contributed by atoms with Crippen LogP contribution in [-0.4, -0.2) is 36.1 Å². The molecule has 0 spiro atoms. The summed E-state index contributed by atoms with van der Waals surface area (Å²) in [4.78, 5) is 18.8. The molecular weight excluding hydrogens is 440 g/mol. The Labute approximate surface area is 205 Å². The van der Waals surface area contributed by atoms with E-state index < -0.39 is 0 Å². The van der Waals surface area contributed by atoms with Crippen LogP contribution >= 0.6 is 0 Å². The number of nitrogens with zero attached hydrogens (tertiary/aromatic N) is 5. The van der Waals surface area contributed by atoms with E-state index in [4.69, 9.17) is 4.42 Å². The lowest BCUT2D eigenvalue weighted by Gasteiger charge is -2.37. The monoisotopic (exact) mass is 474 g/mol. The highest BCUT2D eigenvalue weighted by molar-refractivity contribution is 5.80. The zero-order valence-electron chi connectivity index (χ0n) is 21.0. The van der Waals surface area contributed by atoms with Gasteiger partial charge in [-0.3, -0.25) is 9.69 Å². The molecule has 1 saturated carbocycles. The van der Waals surface area contributed by atoms with E-state index in [9.17, 15) is 4.79 Å². The van der Waals surface area contributed by atoms with Gasteiger partial charge in [0.05, 0.1) is 12.3 Å². The molecule has 35 heavy (non-hydrogen) atoms. The van der Waals surface area contributed by atoms with Crippen LogP contribution in [0.1, 0.15) is 73.8 Å². The van der Waals surface area contributed by atoms with Gasteiger partial charge in [-0.2, -0.15) is 0 Å². The van der Waals surface area contributed by atoms with Crippen molar-refractivity contribution in [2.45, 2.75) is 78.6 Å². The topological polar surface area (TPSA) is 92.8 Å². The molecule has 0 radical (unpaired) electrons. The number of hydrogen-bond acceptors (Lipinski definition) is 6. The van der Waals surface area contributed by atoms with E-state index in [0.29, 0.717) is 19.1 Å². The molecular formula is C27H34N6O2. The number of rotatable bonds is 8. The van der Waals surface area contributed by atoms with Crippen molar-refractivity contribution in [2.75, 3.05) is 0 Å². The largest absolute Gasteiger partial charge is 0.467 e. The SMILES string of the molecule is Cc1cc2cc(CN(C3CCCC3)C(c3nnnn3Cc3ccco3)C(C)C)c(=O)[nH]c2cc1C. The average molecular weight is 475 g/mol. The van der Waals surface area contributed by atoms with Crippen molar-refractivity contribution in [2.24, 2.45) is 5.92 Å². The molecule has 1 fully saturated rings. The van der Waals surface area contributed by atoms with E-state index in [2.05, 4.69) is 71.3 Å². The predicted octanol–water partition coefficient (Wildman–Crippen LogP) is 4.91. The highest BCUT2D eigenvalue weighted by Crippen LogP contribution is 2.36. The normalized spacial score (nSPS) is 15.6. The molecule has 1 atom stereocenters. The maximum Gasteiger partial charge on any atom is 0.252 e. The van der Waals surface area contributed by atoms with Crippen molar-refractivity contribution in [3.63, 3.8) is 0 Å². The second-order valence-electron chi connectivity index (χ2n) is 10.2. The highest BCUT2D eigenvalue weighted by Gasteiger charge is 2.35. The number of aryl methyl sites for hydroxylation is 2. The molecule has 0 saturated heterocycles. The first kappa shape index (κ1) is 23.5. The van der Waals surface area contributed by atoms with E-state index >= 15 is 0 Å². The minimum Gasteiger partial charge on any atom is -0.467 e. The molecule has 1 unspecified atom stereocenters. The van der Waals surface area contributed by atoms with E-state index in [0.717, 1.165) is 40.9 Å². The molecule has 0 bridgehead atoms. The number of furan rings is 1. The lowest BCUT2D eigenvalue weighted by molar-refractivity contribution is 0.0842. The number of hydrogen-bond donors (Lipinski definition) is 1. The summed E-state index contributed by atoms with van der Waals surface area (Å²) in [6.45, 7) is 9.62. The summed E-state index contributed by atoms with van der Waals surface area (Å²) in [5.41, 5.74) is 4.04. The smallest absolute Gasteiger partial charge is 0.252 e. The van der Waals surface area contributed by atoms with Crippen LogP contribution in [0.25, 0.3) is 10.9 Å². The van der Waals surface area contributed by atoms with Gasteiger partial charge in [-0.25, -0.2) is 4.68 Å². The van der Waals surface area contributed by atoms with Crippen LogP contribution in [0.2, 0.25) is 0 Å². The quantitative estimate of drug-likeness (QED) is 0.390. The summed E-state index contributed by atoms with van der Waals surface area (Å²) in [6.07, 6.45) is 6.31. The molecule has 4 aromatic rings. The summed E-state index contributed by atoms with van der Waals surface area (Å²) in [7, 11) is 0. The van der Waals surface area contributed by atoms with Crippen LogP contribution in [-0.2, 0) is 13.1 Å². The Kier molecular flexibility index (Phi) is 6.56. The maximum absolute atomic E-state index is 13.2. The zero-order chi connectivity index (χ0) is 24.5. The number of fused-ring (bicyclic) bond motifs is 1. The number of tetrazole rings is 1. The van der Waals surface area contributed by atoms with Crippen molar-refractivity contribution in [3.05, 3.63) is 75.2 Å². The fourth-order valence-electron chi connectivity index (χ4n) is 5.44. The Morgan fingerprint density at radius 2 is 1.94 bits per heavy atom. The molecule has 8 heteroatoms. The number of aromatic amines is 1. The predicted molar refractivity (Wildman–Crippen MR) is 135 cm³/mol. The van der Waals surface area contributed by atoms with E-state index in [1.54, 1.807) is 6.26 Å². The third-order valence-electron chi connectivity index (χ3n) is 7.38. The van der Waals surface area contributed by atoms with Gasteiger partial charge >= 0.3 is 0 Å². The summed E-state index contributed by atoms with van der Waals surface area (Å²) >= 11 is 0. The maximum atomic E-state index is 13.2. The number of aromatic nitrogens is 5. The summed E-state index contributed by atoms with van der Waals surface area (Å²) in [5.74, 6) is 1.87.